The number of rotatable bonds is 2. The summed E-state index contributed by atoms with van der Waals surface area (Å²) in [5.74, 6) is -0.0227. The summed E-state index contributed by atoms with van der Waals surface area (Å²) in [5, 5.41) is 0. The Balaban J connectivity index is 2.01. The highest BCUT2D eigenvalue weighted by Gasteiger charge is 2.22. The smallest absolute Gasteiger partial charge is 0.308 e. The highest BCUT2D eigenvalue weighted by Crippen LogP contribution is 2.20. The van der Waals surface area contributed by atoms with Gasteiger partial charge in [0.25, 0.3) is 0 Å². The summed E-state index contributed by atoms with van der Waals surface area (Å²) in [6, 6.07) is 0. The molecular formula is C16H26N2O2. The van der Waals surface area contributed by atoms with E-state index >= 15 is 0 Å². The molecule has 4 heteroatoms. The molecule has 2 aliphatic rings. The van der Waals surface area contributed by atoms with E-state index < -0.39 is 0 Å². The molecule has 2 rings (SSSR count). The number of ether oxygens (including phenoxy) is 1. The zero-order valence-corrected chi connectivity index (χ0v) is 12.6. The first-order valence-electron chi connectivity index (χ1n) is 7.96. The van der Waals surface area contributed by atoms with Crippen molar-refractivity contribution in [2.75, 3.05) is 20.2 Å². The van der Waals surface area contributed by atoms with E-state index in [1.807, 2.05) is 0 Å². The van der Waals surface area contributed by atoms with E-state index in [0.717, 1.165) is 50.9 Å². The highest BCUT2D eigenvalue weighted by atomic mass is 16.5. The van der Waals surface area contributed by atoms with Crippen LogP contribution in [0.1, 0.15) is 57.8 Å². The van der Waals surface area contributed by atoms with Gasteiger partial charge in [0.2, 0.25) is 0 Å². The number of hydrogen-bond acceptors (Lipinski definition) is 4. The number of carbonyl (C=O) groups is 1. The van der Waals surface area contributed by atoms with Gasteiger partial charge in [-0.05, 0) is 44.9 Å². The zero-order valence-electron chi connectivity index (χ0n) is 12.6. The fraction of sp³-hybridized carbons (Fsp3) is 0.812. The molecule has 0 aliphatic carbocycles. The molecule has 0 saturated carbocycles. The number of aliphatic imine (C=N–C) groups is 2. The molecule has 112 valence electrons. The Morgan fingerprint density at radius 2 is 1.65 bits per heavy atom. The van der Waals surface area contributed by atoms with Crippen molar-refractivity contribution < 1.29 is 9.53 Å². The number of methoxy groups -OCH3 is 1. The summed E-state index contributed by atoms with van der Waals surface area (Å²) in [4.78, 5) is 21.2. The maximum Gasteiger partial charge on any atom is 0.308 e. The molecule has 0 bridgehead atoms. The van der Waals surface area contributed by atoms with E-state index in [4.69, 9.17) is 14.7 Å². The highest BCUT2D eigenvalue weighted by molar-refractivity contribution is 6.42. The van der Waals surface area contributed by atoms with Crippen LogP contribution >= 0.6 is 0 Å². The predicted octanol–water partition coefficient (Wildman–Crippen LogP) is 3.20. The standard InChI is InChI=1S/C16H26N2O2/c1-20-16(19)13-7-6-12-18-15(10-9-13)14-8-4-2-3-5-11-17-14/h13H,2-12H2,1H3. The van der Waals surface area contributed by atoms with Gasteiger partial charge in [0.15, 0.2) is 0 Å². The van der Waals surface area contributed by atoms with Crippen LogP contribution in [-0.2, 0) is 9.53 Å². The summed E-state index contributed by atoms with van der Waals surface area (Å²) in [5.41, 5.74) is 2.36. The number of nitrogens with zero attached hydrogens (tertiary/aromatic N) is 2. The third kappa shape index (κ3) is 4.43. The SMILES string of the molecule is COC(=O)C1CCCN=C(C2=NCCCCCC2)CC1. The first-order chi connectivity index (χ1) is 9.81. The van der Waals surface area contributed by atoms with Crippen LogP contribution in [0.25, 0.3) is 0 Å². The lowest BCUT2D eigenvalue weighted by atomic mass is 9.92. The molecular weight excluding hydrogens is 252 g/mol. The Bertz CT molecular complexity index is 388. The van der Waals surface area contributed by atoms with Gasteiger partial charge in [-0.2, -0.15) is 0 Å². The zero-order chi connectivity index (χ0) is 14.2. The molecule has 0 amide bonds. The normalized spacial score (nSPS) is 25.4. The molecule has 0 spiro atoms. The summed E-state index contributed by atoms with van der Waals surface area (Å²) in [7, 11) is 1.48. The van der Waals surface area contributed by atoms with Gasteiger partial charge in [-0.25, -0.2) is 0 Å². The Labute approximate surface area is 121 Å². The van der Waals surface area contributed by atoms with Crippen molar-refractivity contribution in [3.63, 3.8) is 0 Å². The number of carbonyl (C=O) groups excluding carboxylic acids is 1. The lowest BCUT2D eigenvalue weighted by molar-refractivity contribution is -0.145. The van der Waals surface area contributed by atoms with Crippen LogP contribution in [0.2, 0.25) is 0 Å². The Morgan fingerprint density at radius 1 is 0.950 bits per heavy atom. The molecule has 0 fully saturated rings. The van der Waals surface area contributed by atoms with Gasteiger partial charge in [-0.15, -0.1) is 0 Å². The monoisotopic (exact) mass is 278 g/mol. The second-order valence-corrected chi connectivity index (χ2v) is 5.72. The third-order valence-corrected chi connectivity index (χ3v) is 4.23. The van der Waals surface area contributed by atoms with Crippen molar-refractivity contribution >= 4 is 17.4 Å². The molecule has 4 nitrogen and oxygen atoms in total. The van der Waals surface area contributed by atoms with Gasteiger partial charge < -0.3 is 4.74 Å². The van der Waals surface area contributed by atoms with Crippen LogP contribution in [0.4, 0.5) is 0 Å². The van der Waals surface area contributed by atoms with Gasteiger partial charge >= 0.3 is 5.97 Å². The van der Waals surface area contributed by atoms with E-state index in [-0.39, 0.29) is 11.9 Å². The van der Waals surface area contributed by atoms with Crippen LogP contribution < -0.4 is 0 Å². The van der Waals surface area contributed by atoms with Gasteiger partial charge in [0.05, 0.1) is 24.5 Å². The van der Waals surface area contributed by atoms with E-state index in [0.29, 0.717) is 0 Å². The van der Waals surface area contributed by atoms with Gasteiger partial charge in [-0.3, -0.25) is 14.8 Å². The van der Waals surface area contributed by atoms with Crippen molar-refractivity contribution in [1.29, 1.82) is 0 Å². The van der Waals surface area contributed by atoms with Crippen LogP contribution in [0.15, 0.2) is 9.98 Å². The Morgan fingerprint density at radius 3 is 2.45 bits per heavy atom. The van der Waals surface area contributed by atoms with Crippen molar-refractivity contribution in [2.45, 2.75) is 57.8 Å². The van der Waals surface area contributed by atoms with Crippen LogP contribution in [0.5, 0.6) is 0 Å². The minimum atomic E-state index is -0.0640. The first-order valence-corrected chi connectivity index (χ1v) is 7.96. The van der Waals surface area contributed by atoms with Gasteiger partial charge in [0.1, 0.15) is 0 Å². The maximum atomic E-state index is 11.7. The first kappa shape index (κ1) is 15.2. The summed E-state index contributed by atoms with van der Waals surface area (Å²) < 4.78 is 4.89. The molecule has 2 aliphatic heterocycles. The topological polar surface area (TPSA) is 51.0 Å². The molecule has 2 heterocycles. The molecule has 0 N–H and O–H groups in total. The molecule has 0 aromatic rings. The van der Waals surface area contributed by atoms with E-state index in [2.05, 4.69) is 0 Å². The summed E-state index contributed by atoms with van der Waals surface area (Å²) >= 11 is 0. The Hall–Kier alpha value is -1.19. The largest absolute Gasteiger partial charge is 0.469 e. The maximum absolute atomic E-state index is 11.7. The van der Waals surface area contributed by atoms with E-state index in [9.17, 15) is 4.79 Å². The summed E-state index contributed by atoms with van der Waals surface area (Å²) in [6.07, 6.45) is 9.67. The summed E-state index contributed by atoms with van der Waals surface area (Å²) in [6.45, 7) is 1.76. The lowest BCUT2D eigenvalue weighted by Gasteiger charge is -2.19. The number of hydrogen-bond donors (Lipinski definition) is 0. The molecule has 0 radical (unpaired) electrons. The van der Waals surface area contributed by atoms with Crippen molar-refractivity contribution in [1.82, 2.24) is 0 Å². The molecule has 0 aromatic carbocycles. The lowest BCUT2D eigenvalue weighted by Crippen LogP contribution is -2.23. The Kier molecular flexibility index (Phi) is 6.22. The molecule has 1 unspecified atom stereocenters. The third-order valence-electron chi connectivity index (χ3n) is 4.23. The second kappa shape index (κ2) is 8.18. The average molecular weight is 278 g/mol. The molecule has 20 heavy (non-hydrogen) atoms. The minimum absolute atomic E-state index is 0.0413. The fourth-order valence-electron chi connectivity index (χ4n) is 3.01. The van der Waals surface area contributed by atoms with Crippen LogP contribution in [0, 0.1) is 5.92 Å². The number of esters is 1. The van der Waals surface area contributed by atoms with Crippen molar-refractivity contribution in [3.05, 3.63) is 0 Å². The molecule has 0 aromatic heterocycles. The fourth-order valence-corrected chi connectivity index (χ4v) is 3.01. The van der Waals surface area contributed by atoms with Gasteiger partial charge in [0, 0.05) is 13.1 Å². The molecule has 0 saturated heterocycles. The molecule has 1 atom stereocenters. The quantitative estimate of drug-likeness (QED) is 0.728. The predicted molar refractivity (Wildman–Crippen MR) is 81.7 cm³/mol. The van der Waals surface area contributed by atoms with Gasteiger partial charge in [-0.1, -0.05) is 12.8 Å². The second-order valence-electron chi connectivity index (χ2n) is 5.72. The van der Waals surface area contributed by atoms with Crippen LogP contribution in [-0.4, -0.2) is 37.6 Å². The van der Waals surface area contributed by atoms with Crippen LogP contribution in [0.3, 0.4) is 0 Å². The minimum Gasteiger partial charge on any atom is -0.469 e. The van der Waals surface area contributed by atoms with E-state index in [1.165, 1.54) is 38.5 Å². The average Bonchev–Trinajstić information content (AvgIpc) is 2.39. The van der Waals surface area contributed by atoms with E-state index in [1.54, 1.807) is 0 Å². The van der Waals surface area contributed by atoms with Crippen molar-refractivity contribution in [2.24, 2.45) is 15.9 Å². The van der Waals surface area contributed by atoms with Crippen molar-refractivity contribution in [3.8, 4) is 0 Å².